The minimum atomic E-state index is -6.09. The third-order valence-electron chi connectivity index (χ3n) is 9.32. The Labute approximate surface area is 306 Å². The van der Waals surface area contributed by atoms with Crippen LogP contribution in [0.4, 0.5) is 18.9 Å². The molecule has 280 valence electrons. The van der Waals surface area contributed by atoms with Gasteiger partial charge in [-0.1, -0.05) is 18.2 Å². The molecule has 53 heavy (non-hydrogen) atoms. The van der Waals surface area contributed by atoms with Crippen LogP contribution in [0.2, 0.25) is 0 Å². The van der Waals surface area contributed by atoms with Crippen LogP contribution in [0, 0.1) is 6.92 Å². The third kappa shape index (κ3) is 7.88. The van der Waals surface area contributed by atoms with Crippen molar-refractivity contribution < 1.29 is 54.5 Å². The number of pyridine rings is 1. The van der Waals surface area contributed by atoms with E-state index in [0.29, 0.717) is 51.6 Å². The standard InChI is InChI=1S/C38H39N2O5.CHF3O3S/c1-23-22-40-33(19-26(23)12-9-25-10-15-32-27(18-25)11-8-24(2)39(32)3)38(41)36(30-20-28(42-4)13-16-34(30)44-6)37(40)31-21-29(43-5)14-17-35(31)45-7;2-1(3,4)8(5,6)7/h9-10,12-22,24H,8,11H2,1-7H3;(H,5,6,7)/q+1;/p-1. The summed E-state index contributed by atoms with van der Waals surface area (Å²) in [5, 5.41) is 0. The molecule has 4 aromatic rings. The number of methoxy groups -OCH3 is 4. The third-order valence-corrected chi connectivity index (χ3v) is 9.89. The SMILES string of the molecule is COc1ccc(OC)c(C2=C(c3cc(OC)ccc3OC)[n+]3cc(C)c(/C=C/c4ccc5c(c4)CCC(C)N5C)cc3C2=O)c1.O=S(=O)([O-])C(F)(F)F. The molecule has 0 aliphatic carbocycles. The van der Waals surface area contributed by atoms with Crippen LogP contribution in [0.15, 0.2) is 66.9 Å². The summed E-state index contributed by atoms with van der Waals surface area (Å²) in [6.07, 6.45) is 8.46. The van der Waals surface area contributed by atoms with E-state index < -0.39 is 15.6 Å². The van der Waals surface area contributed by atoms with Crippen molar-refractivity contribution in [3.63, 3.8) is 0 Å². The summed E-state index contributed by atoms with van der Waals surface area (Å²) in [6.45, 7) is 4.33. The number of ether oxygens (including phenoxy) is 4. The number of hydrogen-bond acceptors (Lipinski definition) is 9. The lowest BCUT2D eigenvalue weighted by molar-refractivity contribution is -0.578. The molecule has 0 N–H and O–H groups in total. The smallest absolute Gasteiger partial charge is 0.485 e. The first-order valence-electron chi connectivity index (χ1n) is 16.4. The van der Waals surface area contributed by atoms with Gasteiger partial charge in [-0.25, -0.2) is 8.42 Å². The number of fused-ring (bicyclic) bond motifs is 2. The number of benzene rings is 3. The molecular weight excluding hydrogens is 713 g/mol. The zero-order chi connectivity index (χ0) is 38.8. The van der Waals surface area contributed by atoms with Gasteiger partial charge in [-0.15, -0.1) is 0 Å². The fraction of sp³-hybridized carbons (Fsp3) is 0.282. The number of hydrogen-bond donors (Lipinski definition) is 0. The molecule has 2 aliphatic rings. The quantitative estimate of drug-likeness (QED) is 0.107. The highest BCUT2D eigenvalue weighted by molar-refractivity contribution is 7.86. The number of aromatic nitrogens is 1. The van der Waals surface area contributed by atoms with Crippen LogP contribution in [0.1, 0.15) is 57.2 Å². The Kier molecular flexibility index (Phi) is 11.2. The van der Waals surface area contributed by atoms with Crippen molar-refractivity contribution in [3.8, 4) is 23.0 Å². The Balaban J connectivity index is 0.000000609. The van der Waals surface area contributed by atoms with Crippen LogP contribution in [0.5, 0.6) is 23.0 Å². The summed E-state index contributed by atoms with van der Waals surface area (Å²) in [5.74, 6) is 2.33. The molecule has 0 bridgehead atoms. The van der Waals surface area contributed by atoms with Gasteiger partial charge in [0.05, 0.1) is 34.0 Å². The lowest BCUT2D eigenvalue weighted by atomic mass is 9.95. The molecule has 0 radical (unpaired) electrons. The average molecular weight is 753 g/mol. The van der Waals surface area contributed by atoms with Gasteiger partial charge in [0, 0.05) is 36.0 Å². The minimum Gasteiger partial charge on any atom is -0.741 e. The van der Waals surface area contributed by atoms with E-state index >= 15 is 0 Å². The van der Waals surface area contributed by atoms with Gasteiger partial charge in [-0.05, 0) is 91.9 Å². The van der Waals surface area contributed by atoms with Gasteiger partial charge in [0.2, 0.25) is 5.70 Å². The number of alkyl halides is 3. The van der Waals surface area contributed by atoms with Gasteiger partial charge in [0.1, 0.15) is 28.6 Å². The Morgan fingerprint density at radius 3 is 2.02 bits per heavy atom. The molecule has 1 aromatic heterocycles. The highest BCUT2D eigenvalue weighted by Gasteiger charge is 2.43. The number of carbonyl (C=O) groups is 1. The zero-order valence-corrected chi connectivity index (χ0v) is 31.0. The monoisotopic (exact) mass is 752 g/mol. The van der Waals surface area contributed by atoms with Crippen molar-refractivity contribution in [1.29, 1.82) is 0 Å². The van der Waals surface area contributed by atoms with Crippen LogP contribution < -0.4 is 28.4 Å². The Bertz CT molecular complexity index is 2230. The molecule has 0 saturated carbocycles. The number of allylic oxidation sites excluding steroid dienone is 1. The molecule has 0 fully saturated rings. The lowest BCUT2D eigenvalue weighted by Gasteiger charge is -2.34. The van der Waals surface area contributed by atoms with E-state index in [1.54, 1.807) is 28.4 Å². The minimum absolute atomic E-state index is 0.123. The van der Waals surface area contributed by atoms with Crippen molar-refractivity contribution in [2.24, 2.45) is 0 Å². The number of carbonyl (C=O) groups excluding carboxylic acids is 1. The first-order chi connectivity index (χ1) is 25.0. The maximum Gasteiger partial charge on any atom is 0.485 e. The van der Waals surface area contributed by atoms with E-state index in [0.717, 1.165) is 35.1 Å². The fourth-order valence-electron chi connectivity index (χ4n) is 6.32. The molecule has 1 atom stereocenters. The number of halogens is 3. The maximum absolute atomic E-state index is 14.5. The van der Waals surface area contributed by atoms with E-state index in [-0.39, 0.29) is 5.78 Å². The van der Waals surface area contributed by atoms with Gasteiger partial charge in [0.25, 0.3) is 11.5 Å². The van der Waals surface area contributed by atoms with E-state index in [4.69, 9.17) is 31.9 Å². The maximum atomic E-state index is 14.5. The summed E-state index contributed by atoms with van der Waals surface area (Å²) in [7, 11) is 2.53. The van der Waals surface area contributed by atoms with Gasteiger partial charge in [0.15, 0.2) is 16.3 Å². The Morgan fingerprint density at radius 2 is 1.45 bits per heavy atom. The molecule has 14 heteroatoms. The van der Waals surface area contributed by atoms with Crippen LogP contribution in [-0.2, 0) is 16.5 Å². The summed E-state index contributed by atoms with van der Waals surface area (Å²) in [6, 6.07) is 20.2. The summed E-state index contributed by atoms with van der Waals surface area (Å²) < 4.78 is 83.6. The number of ketones is 1. The normalized spacial score (nSPS) is 15.5. The van der Waals surface area contributed by atoms with Gasteiger partial charge in [-0.2, -0.15) is 17.7 Å². The van der Waals surface area contributed by atoms with Gasteiger partial charge in [-0.3, -0.25) is 4.79 Å². The number of Topliss-reactive ketones (excluding diaryl/α,β-unsaturated/α-hetero) is 1. The lowest BCUT2D eigenvalue weighted by Crippen LogP contribution is -2.35. The second-order valence-corrected chi connectivity index (χ2v) is 13.8. The Hall–Kier alpha value is -5.34. The molecule has 2 aliphatic heterocycles. The number of anilines is 1. The average Bonchev–Trinajstić information content (AvgIpc) is 3.40. The second kappa shape index (κ2) is 15.3. The molecule has 0 spiro atoms. The molecular formula is C39H39F3N2O8S. The number of aryl methyl sites for hydroxylation is 2. The molecule has 10 nitrogen and oxygen atoms in total. The van der Waals surface area contributed by atoms with Gasteiger partial charge < -0.3 is 28.4 Å². The highest BCUT2D eigenvalue weighted by Crippen LogP contribution is 2.42. The van der Waals surface area contributed by atoms with Crippen LogP contribution in [-0.4, -0.2) is 65.8 Å². The number of nitrogens with zero attached hydrogens (tertiary/aromatic N) is 2. The highest BCUT2D eigenvalue weighted by atomic mass is 32.2. The molecule has 0 amide bonds. The first-order valence-corrected chi connectivity index (χ1v) is 17.8. The van der Waals surface area contributed by atoms with Gasteiger partial charge >= 0.3 is 5.51 Å². The first kappa shape index (κ1) is 38.9. The fourth-order valence-corrected chi connectivity index (χ4v) is 6.32. The van der Waals surface area contributed by atoms with E-state index in [2.05, 4.69) is 56.1 Å². The van der Waals surface area contributed by atoms with Crippen LogP contribution in [0.25, 0.3) is 23.4 Å². The van der Waals surface area contributed by atoms with E-state index in [1.807, 2.05) is 53.2 Å². The van der Waals surface area contributed by atoms with Crippen molar-refractivity contribution >= 4 is 45.0 Å². The molecule has 6 rings (SSSR count). The zero-order valence-electron chi connectivity index (χ0n) is 30.2. The van der Waals surface area contributed by atoms with E-state index in [1.165, 1.54) is 11.3 Å². The summed E-state index contributed by atoms with van der Waals surface area (Å²) in [4.78, 5) is 16.8. The predicted molar refractivity (Wildman–Crippen MR) is 194 cm³/mol. The van der Waals surface area contributed by atoms with Crippen molar-refractivity contribution in [3.05, 3.63) is 106 Å². The summed E-state index contributed by atoms with van der Waals surface area (Å²) in [5.41, 5.74) is 3.22. The number of rotatable bonds is 8. The molecule has 0 saturated heterocycles. The largest absolute Gasteiger partial charge is 0.741 e. The Morgan fingerprint density at radius 1 is 0.868 bits per heavy atom. The van der Waals surface area contributed by atoms with E-state index in [9.17, 15) is 18.0 Å². The van der Waals surface area contributed by atoms with Crippen LogP contribution in [0.3, 0.4) is 0 Å². The second-order valence-electron chi connectivity index (χ2n) is 12.5. The molecule has 3 heterocycles. The molecule has 1 unspecified atom stereocenters. The van der Waals surface area contributed by atoms with Crippen molar-refractivity contribution in [2.75, 3.05) is 40.4 Å². The topological polar surface area (TPSA) is 118 Å². The van der Waals surface area contributed by atoms with Crippen molar-refractivity contribution in [1.82, 2.24) is 0 Å². The molecule has 3 aromatic carbocycles. The summed E-state index contributed by atoms with van der Waals surface area (Å²) >= 11 is 0. The predicted octanol–water partition coefficient (Wildman–Crippen LogP) is 6.92. The van der Waals surface area contributed by atoms with Crippen molar-refractivity contribution in [2.45, 2.75) is 38.2 Å². The van der Waals surface area contributed by atoms with Crippen LogP contribution >= 0.6 is 0 Å².